The van der Waals surface area contributed by atoms with Crippen molar-refractivity contribution in [2.75, 3.05) is 26.2 Å². The van der Waals surface area contributed by atoms with Gasteiger partial charge in [0.1, 0.15) is 5.03 Å². The lowest BCUT2D eigenvalue weighted by atomic mass is 10.1. The van der Waals surface area contributed by atoms with Crippen LogP contribution in [0.25, 0.3) is 10.9 Å². The number of nitrogens with zero attached hydrogens (tertiary/aromatic N) is 1. The molecular formula is C26H32N3OS+. The molecule has 0 bridgehead atoms. The van der Waals surface area contributed by atoms with Gasteiger partial charge in [-0.1, -0.05) is 49.0 Å². The molecule has 2 heterocycles. The molecule has 0 aliphatic carbocycles. The Bertz CT molecular complexity index is 1010. The van der Waals surface area contributed by atoms with E-state index in [1.165, 1.54) is 37.9 Å². The molecule has 31 heavy (non-hydrogen) atoms. The largest absolute Gasteiger partial charge is 0.352 e. The van der Waals surface area contributed by atoms with Crippen molar-refractivity contribution in [1.29, 1.82) is 0 Å². The van der Waals surface area contributed by atoms with E-state index in [0.717, 1.165) is 46.8 Å². The summed E-state index contributed by atoms with van der Waals surface area (Å²) in [6.45, 7) is 6.59. The smallest absolute Gasteiger partial charge is 0.252 e. The molecule has 2 N–H and O–H groups in total. The molecule has 0 atom stereocenters. The SMILES string of the molecule is CCc1ccc(Sc2cc(C(=O)NCCC[NH+]3CCCCC3)c3ccccc3n2)cc1. The topological polar surface area (TPSA) is 46.4 Å². The lowest BCUT2D eigenvalue weighted by Crippen LogP contribution is -3.12. The van der Waals surface area contributed by atoms with Gasteiger partial charge in [0.05, 0.1) is 30.7 Å². The van der Waals surface area contributed by atoms with Gasteiger partial charge in [0.15, 0.2) is 0 Å². The fraction of sp³-hybridized carbons (Fsp3) is 0.385. The Kier molecular flexibility index (Phi) is 7.60. The van der Waals surface area contributed by atoms with Gasteiger partial charge in [-0.15, -0.1) is 0 Å². The second-order valence-corrected chi connectivity index (χ2v) is 9.39. The van der Waals surface area contributed by atoms with Crippen LogP contribution < -0.4 is 10.2 Å². The number of carbonyl (C=O) groups excluding carboxylic acids is 1. The standard InChI is InChI=1S/C26H31N3OS/c1-2-20-11-13-21(14-12-20)31-25-19-23(22-9-4-5-10-24(22)28-25)26(30)27-15-8-18-29-16-6-3-7-17-29/h4-5,9-14,19H,2-3,6-8,15-18H2,1H3,(H,27,30)/p+1. The minimum absolute atomic E-state index is 0.00424. The zero-order chi connectivity index (χ0) is 21.5. The number of likely N-dealkylation sites (tertiary alicyclic amines) is 1. The lowest BCUT2D eigenvalue weighted by Gasteiger charge is -2.23. The van der Waals surface area contributed by atoms with Crippen molar-refractivity contribution >= 4 is 28.6 Å². The van der Waals surface area contributed by atoms with Crippen LogP contribution in [0.5, 0.6) is 0 Å². The average molecular weight is 435 g/mol. The molecule has 4 nitrogen and oxygen atoms in total. The van der Waals surface area contributed by atoms with Crippen molar-refractivity contribution < 1.29 is 9.69 Å². The summed E-state index contributed by atoms with van der Waals surface area (Å²) in [6.07, 6.45) is 6.11. The number of rotatable bonds is 8. The van der Waals surface area contributed by atoms with E-state index in [1.54, 1.807) is 16.7 Å². The molecule has 1 aliphatic rings. The van der Waals surface area contributed by atoms with Crippen LogP contribution in [0.3, 0.4) is 0 Å². The number of pyridine rings is 1. The minimum atomic E-state index is -0.00424. The van der Waals surface area contributed by atoms with Gasteiger partial charge in [0.25, 0.3) is 5.91 Å². The van der Waals surface area contributed by atoms with Crippen LogP contribution in [0.4, 0.5) is 0 Å². The highest BCUT2D eigenvalue weighted by atomic mass is 32.2. The van der Waals surface area contributed by atoms with Gasteiger partial charge in [-0.25, -0.2) is 4.98 Å². The molecule has 1 saturated heterocycles. The Morgan fingerprint density at radius 3 is 2.61 bits per heavy atom. The number of fused-ring (bicyclic) bond motifs is 1. The van der Waals surface area contributed by atoms with Crippen LogP contribution in [0, 0.1) is 0 Å². The van der Waals surface area contributed by atoms with E-state index in [0.29, 0.717) is 5.56 Å². The Labute approximate surface area is 189 Å². The molecule has 162 valence electrons. The third-order valence-corrected chi connectivity index (χ3v) is 6.97. The molecule has 0 saturated carbocycles. The second-order valence-electron chi connectivity index (χ2n) is 8.29. The Hall–Kier alpha value is -2.37. The van der Waals surface area contributed by atoms with Gasteiger partial charge in [0.2, 0.25) is 0 Å². The summed E-state index contributed by atoms with van der Waals surface area (Å²) in [5, 5.41) is 4.91. The minimum Gasteiger partial charge on any atom is -0.352 e. The van der Waals surface area contributed by atoms with Gasteiger partial charge in [0, 0.05) is 23.2 Å². The zero-order valence-electron chi connectivity index (χ0n) is 18.3. The summed E-state index contributed by atoms with van der Waals surface area (Å²) in [4.78, 5) is 20.7. The number of aryl methyl sites for hydroxylation is 1. The van der Waals surface area contributed by atoms with E-state index in [-0.39, 0.29) is 5.91 Å². The monoisotopic (exact) mass is 434 g/mol. The summed E-state index contributed by atoms with van der Waals surface area (Å²) in [7, 11) is 0. The van der Waals surface area contributed by atoms with Crippen LogP contribution in [0.2, 0.25) is 0 Å². The van der Waals surface area contributed by atoms with Gasteiger partial charge >= 0.3 is 0 Å². The van der Waals surface area contributed by atoms with E-state index in [1.807, 2.05) is 30.3 Å². The maximum atomic E-state index is 13.0. The van der Waals surface area contributed by atoms with Crippen molar-refractivity contribution in [2.24, 2.45) is 0 Å². The normalized spacial score (nSPS) is 14.6. The number of benzene rings is 2. The second kappa shape index (κ2) is 10.8. The predicted molar refractivity (Wildman–Crippen MR) is 128 cm³/mol. The summed E-state index contributed by atoms with van der Waals surface area (Å²) >= 11 is 1.61. The van der Waals surface area contributed by atoms with E-state index < -0.39 is 0 Å². The molecule has 5 heteroatoms. The summed E-state index contributed by atoms with van der Waals surface area (Å²) in [5.41, 5.74) is 2.89. The highest BCUT2D eigenvalue weighted by Crippen LogP contribution is 2.30. The maximum absolute atomic E-state index is 13.0. The molecule has 0 radical (unpaired) electrons. The van der Waals surface area contributed by atoms with E-state index in [4.69, 9.17) is 4.98 Å². The van der Waals surface area contributed by atoms with Gasteiger partial charge < -0.3 is 10.2 Å². The highest BCUT2D eigenvalue weighted by Gasteiger charge is 2.15. The molecule has 2 aromatic carbocycles. The van der Waals surface area contributed by atoms with Crippen LogP contribution in [0.1, 0.15) is 48.5 Å². The van der Waals surface area contributed by atoms with Crippen LogP contribution >= 0.6 is 11.8 Å². The average Bonchev–Trinajstić information content (AvgIpc) is 2.82. The number of carbonyl (C=O) groups is 1. The number of amides is 1. The number of piperidine rings is 1. The molecule has 0 unspecified atom stereocenters. The predicted octanol–water partition coefficient (Wildman–Crippen LogP) is 4.14. The number of hydrogen-bond donors (Lipinski definition) is 2. The molecule has 1 amide bonds. The van der Waals surface area contributed by atoms with Crippen molar-refractivity contribution in [3.63, 3.8) is 0 Å². The van der Waals surface area contributed by atoms with Gasteiger partial charge in [-0.05, 0) is 55.5 Å². The Morgan fingerprint density at radius 2 is 1.84 bits per heavy atom. The van der Waals surface area contributed by atoms with Crippen molar-refractivity contribution in [3.8, 4) is 0 Å². The first-order valence-electron chi connectivity index (χ1n) is 11.5. The number of nitrogens with one attached hydrogen (secondary N) is 2. The first-order chi connectivity index (χ1) is 15.2. The maximum Gasteiger partial charge on any atom is 0.252 e. The van der Waals surface area contributed by atoms with Crippen molar-refractivity contribution in [1.82, 2.24) is 10.3 Å². The quantitative estimate of drug-likeness (QED) is 0.524. The number of para-hydroxylation sites is 1. The van der Waals surface area contributed by atoms with Gasteiger partial charge in [-0.2, -0.15) is 0 Å². The lowest BCUT2D eigenvalue weighted by molar-refractivity contribution is -0.904. The van der Waals surface area contributed by atoms with Crippen LogP contribution in [0.15, 0.2) is 64.5 Å². The van der Waals surface area contributed by atoms with Crippen molar-refractivity contribution in [2.45, 2.75) is 48.9 Å². The third kappa shape index (κ3) is 5.86. The van der Waals surface area contributed by atoms with E-state index >= 15 is 0 Å². The number of hydrogen-bond acceptors (Lipinski definition) is 3. The molecule has 0 spiro atoms. The Balaban J connectivity index is 1.45. The molecule has 1 aromatic heterocycles. The summed E-state index contributed by atoms with van der Waals surface area (Å²) in [5.74, 6) is -0.00424. The highest BCUT2D eigenvalue weighted by molar-refractivity contribution is 7.99. The third-order valence-electron chi connectivity index (χ3n) is 6.04. The molecule has 4 rings (SSSR count). The van der Waals surface area contributed by atoms with E-state index in [2.05, 4.69) is 36.5 Å². The summed E-state index contributed by atoms with van der Waals surface area (Å²) < 4.78 is 0. The fourth-order valence-electron chi connectivity index (χ4n) is 4.24. The number of quaternary nitrogens is 1. The number of aromatic nitrogens is 1. The van der Waals surface area contributed by atoms with E-state index in [9.17, 15) is 4.79 Å². The van der Waals surface area contributed by atoms with Crippen LogP contribution in [-0.2, 0) is 6.42 Å². The molecule has 3 aromatic rings. The first kappa shape index (κ1) is 21.8. The molecule has 1 aliphatic heterocycles. The molecule has 1 fully saturated rings. The summed E-state index contributed by atoms with van der Waals surface area (Å²) in [6, 6.07) is 18.4. The van der Waals surface area contributed by atoms with Gasteiger partial charge in [-0.3, -0.25) is 4.79 Å². The van der Waals surface area contributed by atoms with Crippen LogP contribution in [-0.4, -0.2) is 37.1 Å². The first-order valence-corrected chi connectivity index (χ1v) is 12.3. The fourth-order valence-corrected chi connectivity index (χ4v) is 5.08. The molecular weight excluding hydrogens is 402 g/mol. The Morgan fingerprint density at radius 1 is 1.06 bits per heavy atom. The zero-order valence-corrected chi connectivity index (χ0v) is 19.1. The van der Waals surface area contributed by atoms with Crippen molar-refractivity contribution in [3.05, 3.63) is 65.7 Å².